The van der Waals surface area contributed by atoms with E-state index < -0.39 is 0 Å². The van der Waals surface area contributed by atoms with Crippen molar-refractivity contribution in [2.45, 2.75) is 27.3 Å². The summed E-state index contributed by atoms with van der Waals surface area (Å²) in [6.07, 6.45) is 1.65. The summed E-state index contributed by atoms with van der Waals surface area (Å²) < 4.78 is 1.64. The van der Waals surface area contributed by atoms with Gasteiger partial charge in [-0.15, -0.1) is 0 Å². The molecule has 0 saturated carbocycles. The molecule has 0 atom stereocenters. The highest BCUT2D eigenvalue weighted by atomic mass is 35.5. The van der Waals surface area contributed by atoms with Crippen LogP contribution in [0.25, 0.3) is 0 Å². The Kier molecular flexibility index (Phi) is 4.86. The molecule has 0 fully saturated rings. The molecule has 0 saturated heterocycles. The maximum absolute atomic E-state index is 12.6. The third kappa shape index (κ3) is 3.88. The molecule has 2 heterocycles. The van der Waals surface area contributed by atoms with E-state index in [1.54, 1.807) is 23.9 Å². The second kappa shape index (κ2) is 7.07. The Morgan fingerprint density at radius 3 is 2.52 bits per heavy atom. The van der Waals surface area contributed by atoms with Crippen LogP contribution in [0.4, 0.5) is 5.82 Å². The highest BCUT2D eigenvalue weighted by Crippen LogP contribution is 2.22. The number of anilines is 1. The highest BCUT2D eigenvalue weighted by Gasteiger charge is 2.21. The van der Waals surface area contributed by atoms with Crippen LogP contribution in [0.3, 0.4) is 0 Å². The van der Waals surface area contributed by atoms with E-state index in [0.29, 0.717) is 28.8 Å². The third-order valence-electron chi connectivity index (χ3n) is 3.90. The number of pyridine rings is 1. The van der Waals surface area contributed by atoms with E-state index in [2.05, 4.69) is 15.4 Å². The number of carbonyl (C=O) groups excluding carboxylic acids is 1. The summed E-state index contributed by atoms with van der Waals surface area (Å²) in [7, 11) is 0. The molecule has 0 aliphatic heterocycles. The van der Waals surface area contributed by atoms with Crippen molar-refractivity contribution in [1.82, 2.24) is 14.8 Å². The second-order valence-electron chi connectivity index (χ2n) is 6.07. The molecule has 128 valence electrons. The van der Waals surface area contributed by atoms with Crippen molar-refractivity contribution in [1.29, 1.82) is 0 Å². The van der Waals surface area contributed by atoms with Crippen LogP contribution in [0.15, 0.2) is 42.6 Å². The van der Waals surface area contributed by atoms with Gasteiger partial charge in [-0.2, -0.15) is 5.10 Å². The summed E-state index contributed by atoms with van der Waals surface area (Å²) in [5.74, 6) is 0.183. The Labute approximate surface area is 151 Å². The van der Waals surface area contributed by atoms with Crippen molar-refractivity contribution in [2.75, 3.05) is 5.32 Å². The molecule has 0 spiro atoms. The first kappa shape index (κ1) is 17.2. The van der Waals surface area contributed by atoms with Crippen LogP contribution in [0, 0.1) is 20.8 Å². The van der Waals surface area contributed by atoms with Gasteiger partial charge in [0.25, 0.3) is 5.91 Å². The molecule has 1 amide bonds. The van der Waals surface area contributed by atoms with Crippen LogP contribution in [0.2, 0.25) is 5.15 Å². The van der Waals surface area contributed by atoms with Gasteiger partial charge in [-0.3, -0.25) is 4.79 Å². The quantitative estimate of drug-likeness (QED) is 0.765. The monoisotopic (exact) mass is 354 g/mol. The summed E-state index contributed by atoms with van der Waals surface area (Å²) in [6.45, 7) is 6.26. The fourth-order valence-corrected chi connectivity index (χ4v) is 2.89. The van der Waals surface area contributed by atoms with E-state index in [1.165, 1.54) is 5.56 Å². The van der Waals surface area contributed by atoms with Crippen LogP contribution in [0.1, 0.15) is 32.7 Å². The van der Waals surface area contributed by atoms with E-state index in [9.17, 15) is 4.79 Å². The smallest absolute Gasteiger partial charge is 0.261 e. The number of rotatable bonds is 4. The Hall–Kier alpha value is -2.66. The number of benzene rings is 1. The molecule has 5 nitrogen and oxygen atoms in total. The molecule has 0 unspecified atom stereocenters. The van der Waals surface area contributed by atoms with Gasteiger partial charge in [0.2, 0.25) is 0 Å². The lowest BCUT2D eigenvalue weighted by molar-refractivity contribution is 0.102. The molecule has 0 bridgehead atoms. The predicted molar refractivity (Wildman–Crippen MR) is 99.2 cm³/mol. The van der Waals surface area contributed by atoms with Crippen LogP contribution in [-0.4, -0.2) is 20.7 Å². The van der Waals surface area contributed by atoms with Crippen molar-refractivity contribution in [2.24, 2.45) is 0 Å². The Morgan fingerprint density at radius 1 is 1.12 bits per heavy atom. The molecule has 0 radical (unpaired) electrons. The standard InChI is InChI=1S/C19H19ClN4O/c1-12-4-6-15(7-5-12)11-24-18(20)17(14(3)23-24)19(25)22-16-10-13(2)8-9-21-16/h4-10H,11H2,1-3H3,(H,21,22,25). The summed E-state index contributed by atoms with van der Waals surface area (Å²) >= 11 is 6.42. The van der Waals surface area contributed by atoms with Crippen molar-refractivity contribution < 1.29 is 4.79 Å². The molecule has 2 aromatic heterocycles. The maximum atomic E-state index is 12.6. The number of nitrogens with one attached hydrogen (secondary N) is 1. The molecule has 25 heavy (non-hydrogen) atoms. The predicted octanol–water partition coefficient (Wildman–Crippen LogP) is 4.16. The first-order valence-electron chi connectivity index (χ1n) is 7.96. The molecule has 3 rings (SSSR count). The minimum absolute atomic E-state index is 0.309. The molecule has 3 aromatic rings. The first-order valence-corrected chi connectivity index (χ1v) is 8.34. The van der Waals surface area contributed by atoms with Crippen molar-refractivity contribution in [3.05, 3.63) is 75.7 Å². The van der Waals surface area contributed by atoms with Gasteiger partial charge in [-0.1, -0.05) is 41.4 Å². The van der Waals surface area contributed by atoms with Crippen molar-refractivity contribution in [3.63, 3.8) is 0 Å². The summed E-state index contributed by atoms with van der Waals surface area (Å²) in [5, 5.41) is 7.51. The zero-order chi connectivity index (χ0) is 18.0. The SMILES string of the molecule is Cc1ccc(Cn2nc(C)c(C(=O)Nc3cc(C)ccn3)c2Cl)cc1. The number of aryl methyl sites for hydroxylation is 3. The Morgan fingerprint density at radius 2 is 1.84 bits per heavy atom. The number of hydrogen-bond acceptors (Lipinski definition) is 3. The molecule has 6 heteroatoms. The highest BCUT2D eigenvalue weighted by molar-refractivity contribution is 6.33. The number of halogens is 1. The molecule has 0 aliphatic carbocycles. The molecule has 0 aliphatic rings. The van der Waals surface area contributed by atoms with Crippen molar-refractivity contribution in [3.8, 4) is 0 Å². The maximum Gasteiger partial charge on any atom is 0.261 e. The van der Waals surface area contributed by atoms with Gasteiger partial charge in [0.1, 0.15) is 11.0 Å². The minimum Gasteiger partial charge on any atom is -0.306 e. The van der Waals surface area contributed by atoms with Gasteiger partial charge in [0.15, 0.2) is 0 Å². The Bertz CT molecular complexity index is 916. The zero-order valence-electron chi connectivity index (χ0n) is 14.4. The van der Waals surface area contributed by atoms with E-state index in [-0.39, 0.29) is 5.91 Å². The van der Waals surface area contributed by atoms with E-state index >= 15 is 0 Å². The molecular formula is C19H19ClN4O. The average molecular weight is 355 g/mol. The molecule has 1 N–H and O–H groups in total. The van der Waals surface area contributed by atoms with E-state index in [4.69, 9.17) is 11.6 Å². The lowest BCUT2D eigenvalue weighted by Gasteiger charge is -2.06. The van der Waals surface area contributed by atoms with Crippen LogP contribution >= 0.6 is 11.6 Å². The number of amides is 1. The lowest BCUT2D eigenvalue weighted by atomic mass is 10.1. The van der Waals surface area contributed by atoms with E-state index in [0.717, 1.165) is 11.1 Å². The van der Waals surface area contributed by atoms with Crippen molar-refractivity contribution >= 4 is 23.3 Å². The van der Waals surface area contributed by atoms with Gasteiger partial charge in [0, 0.05) is 6.20 Å². The van der Waals surface area contributed by atoms with E-state index in [1.807, 2.05) is 44.2 Å². The number of carbonyl (C=O) groups is 1. The minimum atomic E-state index is -0.309. The van der Waals surface area contributed by atoms with Gasteiger partial charge in [0.05, 0.1) is 17.8 Å². The largest absolute Gasteiger partial charge is 0.306 e. The molecule has 1 aromatic carbocycles. The zero-order valence-corrected chi connectivity index (χ0v) is 15.1. The summed E-state index contributed by atoms with van der Waals surface area (Å²) in [4.78, 5) is 16.7. The third-order valence-corrected chi connectivity index (χ3v) is 4.29. The number of nitrogens with zero attached hydrogens (tertiary/aromatic N) is 3. The lowest BCUT2D eigenvalue weighted by Crippen LogP contribution is -2.14. The summed E-state index contributed by atoms with van der Waals surface area (Å²) in [5.41, 5.74) is 4.24. The van der Waals surface area contributed by atoms with Crippen LogP contribution in [0.5, 0.6) is 0 Å². The van der Waals surface area contributed by atoms with Crippen LogP contribution < -0.4 is 5.32 Å². The van der Waals surface area contributed by atoms with Crippen LogP contribution in [-0.2, 0) is 6.54 Å². The average Bonchev–Trinajstić information content (AvgIpc) is 2.83. The molecular weight excluding hydrogens is 336 g/mol. The van der Waals surface area contributed by atoms with Gasteiger partial charge in [-0.25, -0.2) is 9.67 Å². The topological polar surface area (TPSA) is 59.8 Å². The summed E-state index contributed by atoms with van der Waals surface area (Å²) in [6, 6.07) is 11.8. The fourth-order valence-electron chi connectivity index (χ4n) is 2.57. The number of aromatic nitrogens is 3. The van der Waals surface area contributed by atoms with Gasteiger partial charge < -0.3 is 5.32 Å². The Balaban J connectivity index is 1.83. The normalized spacial score (nSPS) is 10.7. The van der Waals surface area contributed by atoms with Gasteiger partial charge in [-0.05, 0) is 44.0 Å². The number of hydrogen-bond donors (Lipinski definition) is 1. The van der Waals surface area contributed by atoms with Gasteiger partial charge >= 0.3 is 0 Å². The fraction of sp³-hybridized carbons (Fsp3) is 0.211. The first-order chi connectivity index (χ1) is 11.9. The second-order valence-corrected chi connectivity index (χ2v) is 6.43.